The summed E-state index contributed by atoms with van der Waals surface area (Å²) in [5.41, 5.74) is 2.48. The molecule has 0 atom stereocenters. The summed E-state index contributed by atoms with van der Waals surface area (Å²) in [6, 6.07) is 15.2. The molecule has 0 radical (unpaired) electrons. The molecule has 31 heavy (non-hydrogen) atoms. The van der Waals surface area contributed by atoms with Crippen molar-refractivity contribution in [3.05, 3.63) is 54.1 Å². The molecule has 1 heterocycles. The summed E-state index contributed by atoms with van der Waals surface area (Å²) >= 11 is 0. The van der Waals surface area contributed by atoms with Gasteiger partial charge in [0.15, 0.2) is 0 Å². The number of nitrogens with zero attached hydrogens (tertiary/aromatic N) is 3. The molecule has 0 saturated carbocycles. The van der Waals surface area contributed by atoms with Crippen LogP contribution < -0.4 is 15.0 Å². The highest BCUT2D eigenvalue weighted by Gasteiger charge is 2.20. The number of nitrogens with one attached hydrogen (secondary N) is 1. The van der Waals surface area contributed by atoms with Gasteiger partial charge in [-0.3, -0.25) is 14.5 Å². The first-order chi connectivity index (χ1) is 15.0. The van der Waals surface area contributed by atoms with Crippen molar-refractivity contribution >= 4 is 23.2 Å². The van der Waals surface area contributed by atoms with E-state index in [0.29, 0.717) is 30.9 Å². The number of ether oxygens (including phenoxy) is 1. The van der Waals surface area contributed by atoms with Gasteiger partial charge in [-0.1, -0.05) is 6.07 Å². The minimum atomic E-state index is -0.0438. The van der Waals surface area contributed by atoms with Gasteiger partial charge in [0.25, 0.3) is 5.91 Å². The Morgan fingerprint density at radius 1 is 1.00 bits per heavy atom. The first-order valence-electron chi connectivity index (χ1n) is 10.8. The molecule has 0 unspecified atom stereocenters. The van der Waals surface area contributed by atoms with Gasteiger partial charge in [-0.15, -0.1) is 0 Å². The molecular formula is C24H32N4O3. The fraction of sp³-hybridized carbons (Fsp3) is 0.417. The van der Waals surface area contributed by atoms with Gasteiger partial charge in [0.2, 0.25) is 5.91 Å². The molecule has 0 bridgehead atoms. The molecule has 3 rings (SSSR count). The average Bonchev–Trinajstić information content (AvgIpc) is 2.80. The Bertz CT molecular complexity index is 873. The van der Waals surface area contributed by atoms with Gasteiger partial charge in [0, 0.05) is 62.3 Å². The van der Waals surface area contributed by atoms with Gasteiger partial charge in [-0.05, 0) is 50.2 Å². The summed E-state index contributed by atoms with van der Waals surface area (Å²) in [5.74, 6) is 0.818. The molecule has 7 nitrogen and oxygen atoms in total. The van der Waals surface area contributed by atoms with E-state index in [9.17, 15) is 9.59 Å². The third-order valence-corrected chi connectivity index (χ3v) is 5.62. The van der Waals surface area contributed by atoms with E-state index in [-0.39, 0.29) is 11.8 Å². The maximum Gasteiger partial charge on any atom is 0.253 e. The minimum absolute atomic E-state index is 0.0109. The molecular weight excluding hydrogens is 392 g/mol. The van der Waals surface area contributed by atoms with Crippen LogP contribution in [0, 0.1) is 0 Å². The standard InChI is InChI=1S/C24H32N4O3/c1-4-27(5-2)24(30)19-9-11-20(12-10-19)25-23(29)18-26-13-15-28(16-14-26)21-7-6-8-22(17-21)31-3/h6-12,17H,4-5,13-16,18H2,1-3H3,(H,25,29). The number of rotatable bonds is 8. The summed E-state index contributed by atoms with van der Waals surface area (Å²) in [5, 5.41) is 2.93. The Morgan fingerprint density at radius 3 is 2.29 bits per heavy atom. The highest BCUT2D eigenvalue weighted by Crippen LogP contribution is 2.22. The molecule has 1 fully saturated rings. The second-order valence-corrected chi connectivity index (χ2v) is 7.57. The molecule has 2 amide bonds. The molecule has 0 spiro atoms. The molecule has 166 valence electrons. The van der Waals surface area contributed by atoms with E-state index in [4.69, 9.17) is 4.74 Å². The summed E-state index contributed by atoms with van der Waals surface area (Å²) in [7, 11) is 1.67. The van der Waals surface area contributed by atoms with E-state index >= 15 is 0 Å². The number of hydrogen-bond acceptors (Lipinski definition) is 5. The van der Waals surface area contributed by atoms with Crippen LogP contribution in [0.5, 0.6) is 5.75 Å². The lowest BCUT2D eigenvalue weighted by molar-refractivity contribution is -0.117. The van der Waals surface area contributed by atoms with Crippen LogP contribution in [0.25, 0.3) is 0 Å². The zero-order valence-corrected chi connectivity index (χ0v) is 18.6. The molecule has 1 aliphatic heterocycles. The first kappa shape index (κ1) is 22.6. The fourth-order valence-corrected chi connectivity index (χ4v) is 3.76. The van der Waals surface area contributed by atoms with Crippen molar-refractivity contribution in [1.29, 1.82) is 0 Å². The number of methoxy groups -OCH3 is 1. The molecule has 1 N–H and O–H groups in total. The number of carbonyl (C=O) groups is 2. The Kier molecular flexibility index (Phi) is 7.89. The maximum atomic E-state index is 12.5. The fourth-order valence-electron chi connectivity index (χ4n) is 3.76. The lowest BCUT2D eigenvalue weighted by atomic mass is 10.1. The normalized spacial score (nSPS) is 14.2. The van der Waals surface area contributed by atoms with Crippen molar-refractivity contribution in [2.45, 2.75) is 13.8 Å². The number of benzene rings is 2. The zero-order chi connectivity index (χ0) is 22.2. The lowest BCUT2D eigenvalue weighted by Crippen LogP contribution is -2.48. The van der Waals surface area contributed by atoms with Crippen LogP contribution >= 0.6 is 0 Å². The number of hydrogen-bond donors (Lipinski definition) is 1. The van der Waals surface area contributed by atoms with Crippen molar-refractivity contribution in [1.82, 2.24) is 9.80 Å². The molecule has 2 aromatic rings. The summed E-state index contributed by atoms with van der Waals surface area (Å²) < 4.78 is 5.31. The topological polar surface area (TPSA) is 65.1 Å². The van der Waals surface area contributed by atoms with Gasteiger partial charge >= 0.3 is 0 Å². The van der Waals surface area contributed by atoms with Gasteiger partial charge in [0.05, 0.1) is 13.7 Å². The highest BCUT2D eigenvalue weighted by atomic mass is 16.5. The Balaban J connectivity index is 1.47. The molecule has 0 aliphatic carbocycles. The number of amides is 2. The van der Waals surface area contributed by atoms with Crippen molar-refractivity contribution in [3.8, 4) is 5.75 Å². The smallest absolute Gasteiger partial charge is 0.253 e. The van der Waals surface area contributed by atoms with Crippen LogP contribution in [0.15, 0.2) is 48.5 Å². The number of anilines is 2. The van der Waals surface area contributed by atoms with E-state index in [0.717, 1.165) is 37.6 Å². The van der Waals surface area contributed by atoms with Crippen LogP contribution in [0.4, 0.5) is 11.4 Å². The summed E-state index contributed by atoms with van der Waals surface area (Å²) in [6.45, 7) is 9.01. The summed E-state index contributed by atoms with van der Waals surface area (Å²) in [6.07, 6.45) is 0. The van der Waals surface area contributed by atoms with Crippen LogP contribution in [0.2, 0.25) is 0 Å². The Hall–Kier alpha value is -3.06. The SMILES string of the molecule is CCN(CC)C(=O)c1ccc(NC(=O)CN2CCN(c3cccc(OC)c3)CC2)cc1. The lowest BCUT2D eigenvalue weighted by Gasteiger charge is -2.35. The highest BCUT2D eigenvalue weighted by molar-refractivity contribution is 5.96. The molecule has 2 aromatic carbocycles. The van der Waals surface area contributed by atoms with Crippen molar-refractivity contribution in [2.24, 2.45) is 0 Å². The largest absolute Gasteiger partial charge is 0.497 e. The number of carbonyl (C=O) groups excluding carboxylic acids is 2. The predicted molar refractivity (Wildman–Crippen MR) is 124 cm³/mol. The van der Waals surface area contributed by atoms with E-state index < -0.39 is 0 Å². The third kappa shape index (κ3) is 5.98. The maximum absolute atomic E-state index is 12.5. The molecule has 7 heteroatoms. The van der Waals surface area contributed by atoms with E-state index in [1.54, 1.807) is 36.3 Å². The van der Waals surface area contributed by atoms with Gasteiger partial charge in [0.1, 0.15) is 5.75 Å². The van der Waals surface area contributed by atoms with Crippen LogP contribution in [0.3, 0.4) is 0 Å². The molecule has 1 aliphatic rings. The van der Waals surface area contributed by atoms with E-state index in [2.05, 4.69) is 21.2 Å². The quantitative estimate of drug-likeness (QED) is 0.706. The van der Waals surface area contributed by atoms with Crippen LogP contribution in [-0.2, 0) is 4.79 Å². The monoisotopic (exact) mass is 424 g/mol. The van der Waals surface area contributed by atoms with Gasteiger partial charge in [-0.25, -0.2) is 0 Å². The van der Waals surface area contributed by atoms with Gasteiger partial charge < -0.3 is 19.9 Å². The predicted octanol–water partition coefficient (Wildman–Crippen LogP) is 2.94. The minimum Gasteiger partial charge on any atom is -0.497 e. The Morgan fingerprint density at radius 2 is 1.68 bits per heavy atom. The van der Waals surface area contributed by atoms with Crippen molar-refractivity contribution in [2.75, 3.05) is 63.1 Å². The van der Waals surface area contributed by atoms with Gasteiger partial charge in [-0.2, -0.15) is 0 Å². The second kappa shape index (κ2) is 10.8. The first-order valence-corrected chi connectivity index (χ1v) is 10.8. The van der Waals surface area contributed by atoms with Crippen LogP contribution in [0.1, 0.15) is 24.2 Å². The van der Waals surface area contributed by atoms with Crippen LogP contribution in [-0.4, -0.2) is 74.5 Å². The zero-order valence-electron chi connectivity index (χ0n) is 18.6. The molecule has 0 aromatic heterocycles. The molecule has 1 saturated heterocycles. The third-order valence-electron chi connectivity index (χ3n) is 5.62. The van der Waals surface area contributed by atoms with E-state index in [1.165, 1.54) is 0 Å². The Labute approximate surface area is 184 Å². The van der Waals surface area contributed by atoms with E-state index in [1.807, 2.05) is 32.0 Å². The van der Waals surface area contributed by atoms with Crippen molar-refractivity contribution in [3.63, 3.8) is 0 Å². The number of piperazine rings is 1. The summed E-state index contributed by atoms with van der Waals surface area (Å²) in [4.78, 5) is 31.1. The second-order valence-electron chi connectivity index (χ2n) is 7.57. The van der Waals surface area contributed by atoms with Crippen molar-refractivity contribution < 1.29 is 14.3 Å². The average molecular weight is 425 g/mol.